The van der Waals surface area contributed by atoms with Crippen LogP contribution in [0.25, 0.3) is 16.7 Å². The topological polar surface area (TPSA) is 77.3 Å². The Morgan fingerprint density at radius 1 is 0.862 bits per heavy atom. The van der Waals surface area contributed by atoms with E-state index < -0.39 is 47.8 Å². The lowest BCUT2D eigenvalue weighted by Gasteiger charge is -2.47. The predicted molar refractivity (Wildman–Crippen MR) is 216 cm³/mol. The normalized spacial score (nSPS) is 18.3. The summed E-state index contributed by atoms with van der Waals surface area (Å²) in [4.78, 5) is 15.0. The van der Waals surface area contributed by atoms with E-state index in [2.05, 4.69) is 42.6 Å². The van der Waals surface area contributed by atoms with Crippen LogP contribution in [0.3, 0.4) is 0 Å². The lowest BCUT2D eigenvalue weighted by molar-refractivity contribution is 0.111. The number of phosphoric ester groups is 1. The first kappa shape index (κ1) is 40.2. The number of ether oxygens (including phenoxy) is 1. The van der Waals surface area contributed by atoms with Crippen molar-refractivity contribution in [3.63, 3.8) is 0 Å². The molecule has 0 saturated carbocycles. The summed E-state index contributed by atoms with van der Waals surface area (Å²) in [6, 6.07) is 3.59. The fourth-order valence-electron chi connectivity index (χ4n) is 9.45. The zero-order valence-corrected chi connectivity index (χ0v) is 34.2. The number of hydrogen-bond donors (Lipinski definition) is 0. The molecule has 304 valence electrons. The van der Waals surface area contributed by atoms with Crippen LogP contribution in [-0.2, 0) is 31.0 Å². The van der Waals surface area contributed by atoms with Crippen molar-refractivity contribution in [2.45, 2.75) is 77.8 Å². The number of nitrogens with zero attached hydrogens (tertiary/aromatic N) is 2. The Morgan fingerprint density at radius 3 is 2.22 bits per heavy atom. The Hall–Kier alpha value is -4.61. The third kappa shape index (κ3) is 6.17. The molecule has 8 nitrogen and oxygen atoms in total. The summed E-state index contributed by atoms with van der Waals surface area (Å²) in [5, 5.41) is 1.32. The van der Waals surface area contributed by atoms with Crippen molar-refractivity contribution in [1.82, 2.24) is 4.58 Å². The number of halogens is 4. The monoisotopic (exact) mass is 817 g/mol. The Kier molecular flexibility index (Phi) is 10.1. The minimum atomic E-state index is -4.13. The zero-order valence-electron chi connectivity index (χ0n) is 33.3. The first-order valence-corrected chi connectivity index (χ1v) is 21.1. The average Bonchev–Trinajstić information content (AvgIpc) is 3.21. The fraction of sp³-hybridized carbons (Fsp3) is 0.378. The number of rotatable bonds is 12. The Labute approximate surface area is 335 Å². The van der Waals surface area contributed by atoms with Gasteiger partial charge in [-0.15, -0.1) is 13.2 Å². The van der Waals surface area contributed by atoms with Crippen LogP contribution >= 0.6 is 7.82 Å². The summed E-state index contributed by atoms with van der Waals surface area (Å²) in [7, 11) is -4.13. The van der Waals surface area contributed by atoms with Crippen LogP contribution in [0.2, 0.25) is 0 Å². The van der Waals surface area contributed by atoms with Crippen LogP contribution < -0.4 is 24.8 Å². The maximum Gasteiger partial charge on any atom is 0.475 e. The molecule has 5 heterocycles. The number of aldehydes is 1. The number of carbonyl (C=O) groups is 1. The molecule has 0 saturated heterocycles. The van der Waals surface area contributed by atoms with Crippen molar-refractivity contribution in [1.29, 1.82) is 0 Å². The van der Waals surface area contributed by atoms with Crippen molar-refractivity contribution in [3.8, 4) is 11.5 Å². The predicted octanol–water partition coefficient (Wildman–Crippen LogP) is 8.89. The van der Waals surface area contributed by atoms with Gasteiger partial charge in [0, 0.05) is 59.9 Å². The standard InChI is InChI=1S/C45H46F4N2O6P/c1-8-17-54-58(53,55-18-9-2)56-24-26-22-45(6,7)51-16-12-14-28-41(51)30(26)20-32-34(35-33(23-52)36(46)38(48)39(49)37(35)47)31-19-29-25(10-3)21-44(4,5)50-15-11-13-27(40(29)50)42(31)57-43(28)32/h8-9,19-23H,1-2,10-18,24H2,3-7H3/q+1. The molecule has 8 rings (SSSR count). The lowest BCUT2D eigenvalue weighted by atomic mass is 9.78. The maximum absolute atomic E-state index is 16.6. The molecule has 0 radical (unpaired) electrons. The SMILES string of the molecule is C=CCOP(=O)(OCC=C)OCC1=CC(C)(C)N2CCCc3c4c(cc1c32)C(c1c(F)c(F)c(F)c(F)c1C=O)=c1cc2c3c(c1O4)CCC[N+]=3C(C)(C)C=C2CC. The molecule has 0 atom stereocenters. The van der Waals surface area contributed by atoms with E-state index in [0.29, 0.717) is 53.7 Å². The smallest absolute Gasteiger partial charge is 0.455 e. The van der Waals surface area contributed by atoms with Gasteiger partial charge in [0.05, 0.1) is 47.7 Å². The van der Waals surface area contributed by atoms with Gasteiger partial charge in [-0.25, -0.2) is 26.7 Å². The van der Waals surface area contributed by atoms with E-state index in [4.69, 9.17) is 18.3 Å². The highest BCUT2D eigenvalue weighted by molar-refractivity contribution is 7.48. The summed E-state index contributed by atoms with van der Waals surface area (Å²) in [5.74, 6) is -6.82. The molecule has 0 N–H and O–H groups in total. The number of carbonyl (C=O) groups excluding carboxylic acids is 1. The number of hydrogen-bond acceptors (Lipinski definition) is 7. The molecule has 0 aromatic heterocycles. The highest BCUT2D eigenvalue weighted by Crippen LogP contribution is 2.55. The zero-order chi connectivity index (χ0) is 41.5. The van der Waals surface area contributed by atoms with Crippen molar-refractivity contribution in [2.24, 2.45) is 0 Å². The van der Waals surface area contributed by atoms with E-state index in [1.165, 1.54) is 12.2 Å². The summed E-state index contributed by atoms with van der Waals surface area (Å²) in [5.41, 5.74) is 3.22. The first-order chi connectivity index (χ1) is 27.6. The van der Waals surface area contributed by atoms with Crippen LogP contribution in [0.4, 0.5) is 23.2 Å². The molecule has 0 amide bonds. The summed E-state index contributed by atoms with van der Waals surface area (Å²) in [6.07, 6.45) is 10.3. The molecular weight excluding hydrogens is 771 g/mol. The van der Waals surface area contributed by atoms with Gasteiger partial charge in [0.15, 0.2) is 35.1 Å². The van der Waals surface area contributed by atoms with Gasteiger partial charge in [-0.2, -0.15) is 0 Å². The third-order valence-corrected chi connectivity index (χ3v) is 13.2. The number of anilines is 1. The maximum atomic E-state index is 16.6. The van der Waals surface area contributed by atoms with Crippen LogP contribution in [-0.4, -0.2) is 50.3 Å². The molecule has 13 heteroatoms. The molecule has 3 aromatic carbocycles. The van der Waals surface area contributed by atoms with Gasteiger partial charge in [0.1, 0.15) is 18.0 Å². The fourth-order valence-corrected chi connectivity index (χ4v) is 10.5. The molecule has 0 unspecified atom stereocenters. The second-order valence-electron chi connectivity index (χ2n) is 16.3. The highest BCUT2D eigenvalue weighted by Gasteiger charge is 2.44. The lowest BCUT2D eigenvalue weighted by Crippen LogP contribution is -2.53. The third-order valence-electron chi connectivity index (χ3n) is 11.9. The van der Waals surface area contributed by atoms with Crippen LogP contribution in [0.15, 0.2) is 49.6 Å². The average molecular weight is 818 g/mol. The van der Waals surface area contributed by atoms with Gasteiger partial charge in [0.25, 0.3) is 0 Å². The minimum Gasteiger partial charge on any atom is -0.455 e. The molecular formula is C45H46F4N2O6P+. The molecule has 5 aliphatic rings. The van der Waals surface area contributed by atoms with Gasteiger partial charge in [-0.05, 0) is 68.9 Å². The van der Waals surface area contributed by atoms with Gasteiger partial charge < -0.3 is 9.64 Å². The van der Waals surface area contributed by atoms with Crippen molar-refractivity contribution in [2.75, 3.05) is 37.8 Å². The molecule has 0 spiro atoms. The Morgan fingerprint density at radius 2 is 1.55 bits per heavy atom. The first-order valence-electron chi connectivity index (χ1n) is 19.6. The quantitative estimate of drug-likeness (QED) is 0.0269. The van der Waals surface area contributed by atoms with Crippen LogP contribution in [0.1, 0.15) is 97.6 Å². The largest absolute Gasteiger partial charge is 0.475 e. The van der Waals surface area contributed by atoms with E-state index in [1.54, 1.807) is 6.07 Å². The number of benzene rings is 3. The molecule has 58 heavy (non-hydrogen) atoms. The van der Waals surface area contributed by atoms with Crippen molar-refractivity contribution in [3.05, 3.63) is 122 Å². The summed E-state index contributed by atoms with van der Waals surface area (Å²) < 4.78 is 103. The van der Waals surface area contributed by atoms with Crippen LogP contribution in [0.5, 0.6) is 11.5 Å². The highest BCUT2D eigenvalue weighted by atomic mass is 31.2. The van der Waals surface area contributed by atoms with E-state index in [-0.39, 0.29) is 42.8 Å². The molecule has 0 bridgehead atoms. The molecule has 5 aliphatic heterocycles. The van der Waals surface area contributed by atoms with Gasteiger partial charge in [0.2, 0.25) is 5.36 Å². The van der Waals surface area contributed by atoms with E-state index >= 15 is 13.2 Å². The Bertz CT molecular complexity index is 2580. The van der Waals surface area contributed by atoms with E-state index in [1.807, 2.05) is 32.9 Å². The minimum absolute atomic E-state index is 0.000639. The Balaban J connectivity index is 1.48. The van der Waals surface area contributed by atoms with E-state index in [0.717, 1.165) is 52.7 Å². The number of phosphoric acid groups is 1. The van der Waals surface area contributed by atoms with Crippen molar-refractivity contribution < 1.29 is 45.2 Å². The van der Waals surface area contributed by atoms with Gasteiger partial charge >= 0.3 is 7.82 Å². The number of allylic oxidation sites excluding steroid dienone is 1. The van der Waals surface area contributed by atoms with Gasteiger partial charge in [-0.1, -0.05) is 25.2 Å². The molecule has 0 aliphatic carbocycles. The second-order valence-corrected chi connectivity index (χ2v) is 18.0. The summed E-state index contributed by atoms with van der Waals surface area (Å²) >= 11 is 0. The molecule has 3 aromatic rings. The molecule has 0 fully saturated rings. The van der Waals surface area contributed by atoms with E-state index in [9.17, 15) is 13.8 Å². The van der Waals surface area contributed by atoms with Crippen LogP contribution in [0, 0.1) is 23.3 Å². The number of fused-ring (bicyclic) bond motifs is 4. The van der Waals surface area contributed by atoms with Crippen molar-refractivity contribution >= 4 is 36.5 Å². The second kappa shape index (κ2) is 14.6. The van der Waals surface area contributed by atoms with Gasteiger partial charge in [-0.3, -0.25) is 18.4 Å². The summed E-state index contributed by atoms with van der Waals surface area (Å²) in [6.45, 7) is 18.7.